The number of nitrogens with one attached hydrogen (secondary N) is 1. The number of hydrogen-bond donors (Lipinski definition) is 2. The Kier molecular flexibility index (Phi) is 5.62. The molecule has 1 saturated heterocycles. The Labute approximate surface area is 162 Å². The number of rotatable bonds is 7. The number of carboxylic acids is 1. The number of likely N-dealkylation sites (tertiary alicyclic amines) is 1. The van der Waals surface area contributed by atoms with Crippen LogP contribution < -0.4 is 5.32 Å². The highest BCUT2D eigenvalue weighted by Gasteiger charge is 2.63. The number of carbonyl (C=O) groups is 3. The van der Waals surface area contributed by atoms with Gasteiger partial charge in [0.15, 0.2) is 0 Å². The summed E-state index contributed by atoms with van der Waals surface area (Å²) in [6.07, 6.45) is 0.0762. The number of benzene rings is 1. The van der Waals surface area contributed by atoms with E-state index in [-0.39, 0.29) is 25.5 Å². The molecule has 0 saturated carbocycles. The van der Waals surface area contributed by atoms with Gasteiger partial charge in [-0.15, -0.1) is 0 Å². The third-order valence-corrected chi connectivity index (χ3v) is 4.92. The van der Waals surface area contributed by atoms with E-state index >= 15 is 0 Å². The maximum atomic E-state index is 12.9. The topological polar surface area (TPSA) is 121 Å². The van der Waals surface area contributed by atoms with Gasteiger partial charge < -0.3 is 15.2 Å². The van der Waals surface area contributed by atoms with Gasteiger partial charge in [0.2, 0.25) is 0 Å². The fourth-order valence-electron chi connectivity index (χ4n) is 3.47. The van der Waals surface area contributed by atoms with Crippen molar-refractivity contribution in [3.05, 3.63) is 35.9 Å². The summed E-state index contributed by atoms with van der Waals surface area (Å²) in [6.45, 7) is 4.07. The Balaban J connectivity index is 1.70. The molecule has 28 heavy (non-hydrogen) atoms. The van der Waals surface area contributed by atoms with Gasteiger partial charge in [0, 0.05) is 6.54 Å². The van der Waals surface area contributed by atoms with E-state index in [0.717, 1.165) is 5.56 Å². The lowest BCUT2D eigenvalue weighted by atomic mass is 9.97. The van der Waals surface area contributed by atoms with Crippen molar-refractivity contribution < 1.29 is 24.2 Å². The van der Waals surface area contributed by atoms with E-state index < -0.39 is 35.7 Å². The molecular weight excluding hydrogens is 364 g/mol. The zero-order valence-corrected chi connectivity index (χ0v) is 15.9. The summed E-state index contributed by atoms with van der Waals surface area (Å²) in [5.41, 5.74) is -0.693. The van der Waals surface area contributed by atoms with Gasteiger partial charge in [0.1, 0.15) is 18.7 Å². The first-order valence-corrected chi connectivity index (χ1v) is 9.28. The van der Waals surface area contributed by atoms with Crippen LogP contribution in [0.15, 0.2) is 40.6 Å². The predicted molar refractivity (Wildman–Crippen MR) is 98.3 cm³/mol. The van der Waals surface area contributed by atoms with E-state index in [1.165, 1.54) is 4.90 Å². The van der Waals surface area contributed by atoms with Gasteiger partial charge in [-0.1, -0.05) is 44.2 Å². The fourth-order valence-corrected chi connectivity index (χ4v) is 3.47. The van der Waals surface area contributed by atoms with Crippen LogP contribution >= 0.6 is 0 Å². The monoisotopic (exact) mass is 388 g/mol. The Hall–Kier alpha value is -2.97. The van der Waals surface area contributed by atoms with E-state index in [1.54, 1.807) is 0 Å². The van der Waals surface area contributed by atoms with Gasteiger partial charge in [0.25, 0.3) is 11.6 Å². The molecule has 0 aromatic heterocycles. The van der Waals surface area contributed by atoms with Crippen LogP contribution in [0.2, 0.25) is 0 Å². The summed E-state index contributed by atoms with van der Waals surface area (Å²) in [7, 11) is 0. The summed E-state index contributed by atoms with van der Waals surface area (Å²) in [6, 6.07) is 7.66. The molecule has 2 N–H and O–H groups in total. The van der Waals surface area contributed by atoms with Gasteiger partial charge in [-0.3, -0.25) is 9.69 Å². The van der Waals surface area contributed by atoms with Crippen molar-refractivity contribution in [3.8, 4) is 0 Å². The first-order valence-electron chi connectivity index (χ1n) is 9.28. The number of hydrogen-bond acceptors (Lipinski definition) is 6. The molecule has 0 aliphatic carbocycles. The Morgan fingerprint density at radius 1 is 1.32 bits per heavy atom. The lowest BCUT2D eigenvalue weighted by Crippen LogP contribution is -2.65. The van der Waals surface area contributed by atoms with Gasteiger partial charge in [-0.2, -0.15) is 10.2 Å². The van der Waals surface area contributed by atoms with Crippen molar-refractivity contribution in [3.63, 3.8) is 0 Å². The summed E-state index contributed by atoms with van der Waals surface area (Å²) in [4.78, 5) is 38.3. The highest BCUT2D eigenvalue weighted by molar-refractivity contribution is 5.94. The molecule has 0 spiro atoms. The molecule has 9 nitrogen and oxygen atoms in total. The molecule has 0 bridgehead atoms. The van der Waals surface area contributed by atoms with Crippen molar-refractivity contribution in [1.29, 1.82) is 0 Å². The molecule has 150 valence electrons. The van der Waals surface area contributed by atoms with Crippen LogP contribution in [-0.4, -0.2) is 52.3 Å². The van der Waals surface area contributed by atoms with Crippen LogP contribution in [0.1, 0.15) is 32.3 Å². The minimum atomic E-state index is -1.52. The average Bonchev–Trinajstić information content (AvgIpc) is 2.90. The molecule has 1 aromatic rings. The predicted octanol–water partition coefficient (Wildman–Crippen LogP) is 2.18. The lowest BCUT2D eigenvalue weighted by molar-refractivity contribution is -0.145. The van der Waals surface area contributed by atoms with Crippen molar-refractivity contribution in [2.45, 2.75) is 51.0 Å². The second kappa shape index (κ2) is 7.95. The smallest absolute Gasteiger partial charge is 0.412 e. The van der Waals surface area contributed by atoms with Gasteiger partial charge >= 0.3 is 12.1 Å². The van der Waals surface area contributed by atoms with Crippen LogP contribution in [0.3, 0.4) is 0 Å². The maximum absolute atomic E-state index is 12.9. The molecule has 0 radical (unpaired) electrons. The highest BCUT2D eigenvalue weighted by atomic mass is 16.6. The minimum absolute atomic E-state index is 0.0702. The van der Waals surface area contributed by atoms with Crippen molar-refractivity contribution in [2.75, 3.05) is 6.54 Å². The van der Waals surface area contributed by atoms with E-state index in [1.807, 2.05) is 44.2 Å². The second-order valence-electron chi connectivity index (χ2n) is 7.43. The highest BCUT2D eigenvalue weighted by Crippen LogP contribution is 2.41. The molecular formula is C19H24N4O5. The molecule has 3 rings (SSSR count). The number of carbonyl (C=O) groups excluding carboxylic acids is 2. The zero-order valence-electron chi connectivity index (χ0n) is 15.9. The van der Waals surface area contributed by atoms with Crippen LogP contribution in [-0.2, 0) is 20.9 Å². The van der Waals surface area contributed by atoms with Gasteiger partial charge in [-0.25, -0.2) is 9.59 Å². The molecule has 2 amide bonds. The lowest BCUT2D eigenvalue weighted by Gasteiger charge is -2.39. The normalized spacial score (nSPS) is 23.7. The van der Waals surface area contributed by atoms with Crippen LogP contribution in [0.25, 0.3) is 0 Å². The van der Waals surface area contributed by atoms with Crippen LogP contribution in [0.4, 0.5) is 4.79 Å². The molecule has 9 heteroatoms. The van der Waals surface area contributed by atoms with Crippen LogP contribution in [0, 0.1) is 5.92 Å². The minimum Gasteiger partial charge on any atom is -0.480 e. The average molecular weight is 388 g/mol. The Morgan fingerprint density at radius 2 is 2.04 bits per heavy atom. The quantitative estimate of drug-likeness (QED) is 0.742. The second-order valence-corrected chi connectivity index (χ2v) is 7.43. The molecule has 1 unspecified atom stereocenters. The summed E-state index contributed by atoms with van der Waals surface area (Å²) in [5.74, 6) is -1.68. The maximum Gasteiger partial charge on any atom is 0.412 e. The van der Waals surface area contributed by atoms with E-state index in [2.05, 4.69) is 15.5 Å². The Bertz CT molecular complexity index is 782. The standard InChI is InChI=1S/C19H24N4O5/c1-12(2)10-14(16(24)25)20-17(26)19-15(21-22-19)8-9-23(19)18(27)28-11-13-6-4-3-5-7-13/h3-7,12,14-15H,8-11H2,1-2H3,(H,20,26)(H,24,25)/t14-,15?,19-/m0/s1. The summed E-state index contributed by atoms with van der Waals surface area (Å²) >= 11 is 0. The molecule has 2 aliphatic heterocycles. The molecule has 3 atom stereocenters. The third-order valence-electron chi connectivity index (χ3n) is 4.92. The number of aliphatic carboxylic acids is 1. The number of amides is 2. The van der Waals surface area contributed by atoms with Crippen molar-refractivity contribution >= 4 is 18.0 Å². The first-order chi connectivity index (χ1) is 13.3. The summed E-state index contributed by atoms with van der Waals surface area (Å²) < 4.78 is 5.35. The number of azo groups is 1. The van der Waals surface area contributed by atoms with Gasteiger partial charge in [0.05, 0.1) is 0 Å². The van der Waals surface area contributed by atoms with E-state index in [4.69, 9.17) is 4.74 Å². The molecule has 1 aromatic carbocycles. The number of nitrogens with zero attached hydrogens (tertiary/aromatic N) is 3. The summed E-state index contributed by atoms with van der Waals surface area (Å²) in [5, 5.41) is 19.8. The SMILES string of the molecule is CC(C)C[C@H](NC(=O)[C@]12N=NC1CCN2C(=O)OCc1ccccc1)C(=O)O. The largest absolute Gasteiger partial charge is 0.480 e. The number of carboxylic acid groups (broad SMARTS) is 1. The zero-order chi connectivity index (χ0) is 20.3. The molecule has 1 fully saturated rings. The van der Waals surface area contributed by atoms with E-state index in [9.17, 15) is 19.5 Å². The van der Waals surface area contributed by atoms with E-state index in [0.29, 0.717) is 6.42 Å². The number of ether oxygens (including phenoxy) is 1. The molecule has 2 aliphatic rings. The first kappa shape index (κ1) is 19.8. The fraction of sp³-hybridized carbons (Fsp3) is 0.526. The number of fused-ring (bicyclic) bond motifs is 1. The van der Waals surface area contributed by atoms with Crippen molar-refractivity contribution in [2.24, 2.45) is 16.1 Å². The van der Waals surface area contributed by atoms with Crippen LogP contribution in [0.5, 0.6) is 0 Å². The molecule has 2 heterocycles. The van der Waals surface area contributed by atoms with Gasteiger partial charge in [-0.05, 0) is 24.3 Å². The third kappa shape index (κ3) is 3.69. The van der Waals surface area contributed by atoms with Crippen molar-refractivity contribution in [1.82, 2.24) is 10.2 Å². The Morgan fingerprint density at radius 3 is 2.61 bits per heavy atom.